The third-order valence-corrected chi connectivity index (χ3v) is 6.84. The van der Waals surface area contributed by atoms with E-state index >= 15 is 0 Å². The van der Waals surface area contributed by atoms with E-state index in [9.17, 15) is 10.1 Å². The predicted octanol–water partition coefficient (Wildman–Crippen LogP) is 7.32. The van der Waals surface area contributed by atoms with Crippen LogP contribution in [0, 0.1) is 18.3 Å². The molecular formula is C31H22Cl2N2O4. The number of esters is 1. The number of allylic oxidation sites excluding steroid dienone is 1. The van der Waals surface area contributed by atoms with Gasteiger partial charge in [-0.3, -0.25) is 0 Å². The Morgan fingerprint density at radius 3 is 2.59 bits per heavy atom. The van der Waals surface area contributed by atoms with Crippen LogP contribution in [0.2, 0.25) is 10.0 Å². The molecule has 0 spiro atoms. The zero-order valence-electron chi connectivity index (χ0n) is 20.8. The molecule has 0 radical (unpaired) electrons. The highest BCUT2D eigenvalue weighted by Gasteiger charge is 2.31. The lowest BCUT2D eigenvalue weighted by Crippen LogP contribution is -2.21. The zero-order valence-corrected chi connectivity index (χ0v) is 22.3. The summed E-state index contributed by atoms with van der Waals surface area (Å²) in [7, 11) is 0. The minimum Gasteiger partial charge on any atom is -0.489 e. The van der Waals surface area contributed by atoms with Crippen LogP contribution in [0.3, 0.4) is 0 Å². The summed E-state index contributed by atoms with van der Waals surface area (Å²) in [5.74, 6) is 0.262. The fraction of sp³-hybridized carbons (Fsp3) is 0.0968. The molecule has 6 nitrogen and oxygen atoms in total. The molecule has 0 amide bonds. The molecule has 8 heteroatoms. The van der Waals surface area contributed by atoms with Gasteiger partial charge in [0.15, 0.2) is 0 Å². The van der Waals surface area contributed by atoms with E-state index in [0.29, 0.717) is 38.4 Å². The molecular weight excluding hydrogens is 535 g/mol. The molecule has 1 unspecified atom stereocenters. The van der Waals surface area contributed by atoms with E-state index < -0.39 is 11.9 Å². The van der Waals surface area contributed by atoms with Crippen LogP contribution in [-0.4, -0.2) is 5.97 Å². The first-order chi connectivity index (χ1) is 18.8. The van der Waals surface area contributed by atoms with Crippen LogP contribution in [0.5, 0.6) is 17.2 Å². The van der Waals surface area contributed by atoms with Crippen LogP contribution >= 0.6 is 23.2 Å². The molecule has 0 fully saturated rings. The number of nitrogens with zero attached hydrogens (tertiary/aromatic N) is 1. The van der Waals surface area contributed by atoms with Crippen LogP contribution in [0.4, 0.5) is 0 Å². The van der Waals surface area contributed by atoms with Crippen molar-refractivity contribution in [1.82, 2.24) is 0 Å². The molecule has 1 aliphatic rings. The van der Waals surface area contributed by atoms with E-state index in [0.717, 1.165) is 16.7 Å². The summed E-state index contributed by atoms with van der Waals surface area (Å²) in [6.45, 7) is 2.14. The average Bonchev–Trinajstić information content (AvgIpc) is 2.92. The minimum atomic E-state index is -0.511. The van der Waals surface area contributed by atoms with Crippen molar-refractivity contribution in [2.75, 3.05) is 0 Å². The maximum atomic E-state index is 12.7. The standard InChI is InChI=1S/C31H22Cl2N2O4/c1-18-4-2-6-20(12-18)31(36)38-24-10-11-25-28(15-24)39-30(35)26(16-34)29(25)19-5-3-7-23(13-19)37-17-21-8-9-22(32)14-27(21)33/h2-15,29H,17,35H2,1H3. The number of fused-ring (bicyclic) bond motifs is 1. The molecule has 1 atom stereocenters. The van der Waals surface area contributed by atoms with E-state index in [-0.39, 0.29) is 18.1 Å². The number of hydrogen-bond donors (Lipinski definition) is 1. The number of carbonyl (C=O) groups is 1. The molecule has 0 aliphatic carbocycles. The summed E-state index contributed by atoms with van der Waals surface area (Å²) >= 11 is 12.3. The Kier molecular flexibility index (Phi) is 7.47. The largest absolute Gasteiger partial charge is 0.489 e. The van der Waals surface area contributed by atoms with E-state index in [1.807, 2.05) is 43.3 Å². The highest BCUT2D eigenvalue weighted by Crippen LogP contribution is 2.44. The maximum Gasteiger partial charge on any atom is 0.343 e. The fourth-order valence-electron chi connectivity index (χ4n) is 4.36. The summed E-state index contributed by atoms with van der Waals surface area (Å²) in [6.07, 6.45) is 0. The average molecular weight is 557 g/mol. The van der Waals surface area contributed by atoms with Crippen molar-refractivity contribution in [1.29, 1.82) is 5.26 Å². The van der Waals surface area contributed by atoms with Crippen molar-refractivity contribution in [3.63, 3.8) is 0 Å². The Hall–Kier alpha value is -4.44. The SMILES string of the molecule is Cc1cccc(C(=O)Oc2ccc3c(c2)OC(N)=C(C#N)C3c2cccc(OCc3ccc(Cl)cc3Cl)c2)c1. The monoisotopic (exact) mass is 556 g/mol. The Morgan fingerprint density at radius 1 is 1.00 bits per heavy atom. The van der Waals surface area contributed by atoms with Gasteiger partial charge in [0.25, 0.3) is 0 Å². The van der Waals surface area contributed by atoms with E-state index in [1.165, 1.54) is 0 Å². The summed E-state index contributed by atoms with van der Waals surface area (Å²) in [6, 6.07) is 27.0. The second-order valence-corrected chi connectivity index (χ2v) is 9.82. The van der Waals surface area contributed by atoms with Crippen LogP contribution in [0.1, 0.15) is 38.5 Å². The van der Waals surface area contributed by atoms with Crippen molar-refractivity contribution in [2.45, 2.75) is 19.4 Å². The first kappa shape index (κ1) is 26.2. The summed E-state index contributed by atoms with van der Waals surface area (Å²) in [4.78, 5) is 12.7. The Balaban J connectivity index is 1.42. The van der Waals surface area contributed by atoms with Gasteiger partial charge in [-0.15, -0.1) is 0 Å². The van der Waals surface area contributed by atoms with Crippen molar-refractivity contribution >= 4 is 29.2 Å². The first-order valence-corrected chi connectivity index (χ1v) is 12.7. The van der Waals surface area contributed by atoms with Crippen molar-refractivity contribution in [3.8, 4) is 23.3 Å². The number of aryl methyl sites for hydroxylation is 1. The van der Waals surface area contributed by atoms with E-state index in [1.54, 1.807) is 48.5 Å². The predicted molar refractivity (Wildman–Crippen MR) is 149 cm³/mol. The van der Waals surface area contributed by atoms with Gasteiger partial charge < -0.3 is 19.9 Å². The molecule has 39 heavy (non-hydrogen) atoms. The molecule has 0 saturated carbocycles. The summed E-state index contributed by atoms with van der Waals surface area (Å²) < 4.78 is 17.4. The molecule has 2 N–H and O–H groups in total. The number of nitrogens with two attached hydrogens (primary N) is 1. The molecule has 0 aromatic heterocycles. The Bertz CT molecular complexity index is 1660. The third-order valence-electron chi connectivity index (χ3n) is 6.26. The number of rotatable bonds is 6. The van der Waals surface area contributed by atoms with Crippen molar-refractivity contribution < 1.29 is 19.0 Å². The van der Waals surface area contributed by atoms with Gasteiger partial charge in [-0.1, -0.05) is 65.2 Å². The van der Waals surface area contributed by atoms with Gasteiger partial charge in [0, 0.05) is 27.2 Å². The van der Waals surface area contributed by atoms with E-state index in [2.05, 4.69) is 6.07 Å². The van der Waals surface area contributed by atoms with Crippen molar-refractivity contribution in [3.05, 3.63) is 134 Å². The van der Waals surface area contributed by atoms with Gasteiger partial charge in [-0.25, -0.2) is 4.79 Å². The summed E-state index contributed by atoms with van der Waals surface area (Å²) in [5, 5.41) is 11.0. The first-order valence-electron chi connectivity index (χ1n) is 12.0. The topological polar surface area (TPSA) is 94.6 Å². The zero-order chi connectivity index (χ0) is 27.5. The van der Waals surface area contributed by atoms with Crippen LogP contribution in [-0.2, 0) is 6.61 Å². The lowest BCUT2D eigenvalue weighted by Gasteiger charge is -2.27. The maximum absolute atomic E-state index is 12.7. The van der Waals surface area contributed by atoms with E-state index in [4.69, 9.17) is 43.1 Å². The van der Waals surface area contributed by atoms with Crippen LogP contribution in [0.25, 0.3) is 0 Å². The minimum absolute atomic E-state index is 0.0172. The number of benzene rings is 4. The van der Waals surface area contributed by atoms with Crippen LogP contribution in [0.15, 0.2) is 96.4 Å². The fourth-order valence-corrected chi connectivity index (χ4v) is 4.83. The van der Waals surface area contributed by atoms with Gasteiger partial charge in [-0.05, 0) is 55.0 Å². The molecule has 0 bridgehead atoms. The molecule has 0 saturated heterocycles. The molecule has 4 aromatic carbocycles. The molecule has 1 aliphatic heterocycles. The van der Waals surface area contributed by atoms with Gasteiger partial charge in [-0.2, -0.15) is 5.26 Å². The number of hydrogen-bond acceptors (Lipinski definition) is 6. The third kappa shape index (κ3) is 5.70. The lowest BCUT2D eigenvalue weighted by molar-refractivity contribution is 0.0734. The molecule has 1 heterocycles. The second-order valence-electron chi connectivity index (χ2n) is 8.98. The quantitative estimate of drug-likeness (QED) is 0.197. The molecule has 4 aromatic rings. The molecule has 5 rings (SSSR count). The van der Waals surface area contributed by atoms with Gasteiger partial charge in [0.2, 0.25) is 5.88 Å². The number of halogens is 2. The normalized spacial score (nSPS) is 14.2. The van der Waals surface area contributed by atoms with Gasteiger partial charge in [0.05, 0.1) is 11.5 Å². The Labute approximate surface area is 235 Å². The molecule has 194 valence electrons. The lowest BCUT2D eigenvalue weighted by atomic mass is 9.83. The highest BCUT2D eigenvalue weighted by atomic mass is 35.5. The summed E-state index contributed by atoms with van der Waals surface area (Å²) in [5.41, 5.74) is 10.1. The highest BCUT2D eigenvalue weighted by molar-refractivity contribution is 6.35. The smallest absolute Gasteiger partial charge is 0.343 e. The number of carbonyl (C=O) groups excluding carboxylic acids is 1. The number of nitriles is 1. The number of ether oxygens (including phenoxy) is 3. The Morgan fingerprint density at radius 2 is 1.82 bits per heavy atom. The van der Waals surface area contributed by atoms with Crippen molar-refractivity contribution in [2.24, 2.45) is 5.73 Å². The van der Waals surface area contributed by atoms with Gasteiger partial charge >= 0.3 is 5.97 Å². The van der Waals surface area contributed by atoms with Gasteiger partial charge in [0.1, 0.15) is 35.5 Å². The van der Waals surface area contributed by atoms with Crippen LogP contribution < -0.4 is 19.9 Å². The second kappa shape index (κ2) is 11.1.